The molecule has 1 atom stereocenters. The van der Waals surface area contributed by atoms with Crippen molar-refractivity contribution in [3.63, 3.8) is 0 Å². The fraction of sp³-hybridized carbons (Fsp3) is 0.286. The number of nitrogens with one attached hydrogen (secondary N) is 2. The van der Waals surface area contributed by atoms with Crippen LogP contribution in [0.25, 0.3) is 0 Å². The highest BCUT2D eigenvalue weighted by molar-refractivity contribution is 6.52. The first-order valence-electron chi connectivity index (χ1n) is 5.96. The number of isocyanates is 4. The number of halogens is 3. The van der Waals surface area contributed by atoms with E-state index in [1.54, 1.807) is 0 Å². The maximum absolute atomic E-state index is 9.67. The minimum Gasteiger partial charge on any atom is -0.222 e. The van der Waals surface area contributed by atoms with E-state index in [4.69, 9.17) is 55.2 Å². The Balaban J connectivity index is -0.000000301. The van der Waals surface area contributed by atoms with Crippen LogP contribution in [0.3, 0.4) is 0 Å². The molecule has 0 amide bonds. The van der Waals surface area contributed by atoms with Crippen LogP contribution in [0.15, 0.2) is 34.3 Å². The van der Waals surface area contributed by atoms with Crippen molar-refractivity contribution in [1.82, 2.24) is 0 Å². The number of aryl methyl sites for hydroxylation is 2. The maximum atomic E-state index is 9.67. The van der Waals surface area contributed by atoms with Gasteiger partial charge in [-0.25, -0.2) is 30.0 Å². The molecular formula is C14H13Cl3N4O4. The summed E-state index contributed by atoms with van der Waals surface area (Å²) < 4.78 is -1.96. The van der Waals surface area contributed by atoms with Crippen LogP contribution in [0.2, 0.25) is 0 Å². The molecule has 0 fully saturated rings. The number of benzene rings is 1. The van der Waals surface area contributed by atoms with Crippen molar-refractivity contribution in [3.8, 4) is 0 Å². The second-order valence-electron chi connectivity index (χ2n) is 3.64. The molecule has 1 aromatic carbocycles. The van der Waals surface area contributed by atoms with Crippen molar-refractivity contribution in [2.24, 2.45) is 9.98 Å². The molecule has 2 N–H and O–H groups in total. The van der Waals surface area contributed by atoms with Crippen LogP contribution in [0.4, 0.5) is 0 Å². The molecule has 11 heteroatoms. The molecule has 1 unspecified atom stereocenters. The monoisotopic (exact) mass is 406 g/mol. The quantitative estimate of drug-likeness (QED) is 0.342. The second-order valence-corrected chi connectivity index (χ2v) is 5.39. The van der Waals surface area contributed by atoms with Gasteiger partial charge in [-0.05, 0) is 25.0 Å². The molecule has 0 bridgehead atoms. The number of hydrogen-bond acceptors (Lipinski definition) is 8. The van der Waals surface area contributed by atoms with Crippen LogP contribution < -0.4 is 0 Å². The molecule has 0 saturated heterocycles. The molecule has 0 aromatic heterocycles. The lowest BCUT2D eigenvalue weighted by molar-refractivity contribution is 0.554. The van der Waals surface area contributed by atoms with Gasteiger partial charge in [-0.1, -0.05) is 59.1 Å². The van der Waals surface area contributed by atoms with E-state index in [0.717, 1.165) is 24.3 Å². The van der Waals surface area contributed by atoms with E-state index in [0.29, 0.717) is 0 Å². The molecule has 1 rings (SSSR count). The van der Waals surface area contributed by atoms with E-state index >= 15 is 0 Å². The normalized spacial score (nSPS) is 9.16. The van der Waals surface area contributed by atoms with E-state index in [1.807, 2.05) is 0 Å². The van der Waals surface area contributed by atoms with Crippen LogP contribution >= 0.6 is 34.8 Å². The van der Waals surface area contributed by atoms with Gasteiger partial charge in [-0.2, -0.15) is 9.98 Å². The van der Waals surface area contributed by atoms with Gasteiger partial charge in [0.05, 0.1) is 0 Å². The Bertz CT molecular complexity index is 639. The maximum Gasteiger partial charge on any atom is 0.256 e. The molecule has 0 heterocycles. The zero-order valence-corrected chi connectivity index (χ0v) is 15.3. The van der Waals surface area contributed by atoms with Crippen molar-refractivity contribution in [2.75, 3.05) is 0 Å². The Hall–Kier alpha value is -2.39. The summed E-state index contributed by atoms with van der Waals surface area (Å²) in [5.74, 6) is 0. The summed E-state index contributed by atoms with van der Waals surface area (Å²) in [7, 11) is 0. The summed E-state index contributed by atoms with van der Waals surface area (Å²) in [4.78, 5) is 41.8. The van der Waals surface area contributed by atoms with Gasteiger partial charge in [0.25, 0.3) is 4.46 Å². The zero-order chi connectivity index (χ0) is 20.3. The number of nitrogens with zero attached hydrogens (tertiary/aromatic N) is 2. The highest BCUT2D eigenvalue weighted by Crippen LogP contribution is 2.30. The Morgan fingerprint density at radius 3 is 1.56 bits per heavy atom. The standard InChI is InChI=1S/C8H10.C4HCl3N2O2.2CHNO/c1-7-5-3-4-6-8(7)2;5-3(8-1-10)4(6,7)9-2-11;2*2-1-3/h3-6H,1-2H3;3H;2*2H. The molecule has 0 aliphatic carbocycles. The van der Waals surface area contributed by atoms with Gasteiger partial charge in [0.2, 0.25) is 24.3 Å². The van der Waals surface area contributed by atoms with E-state index in [2.05, 4.69) is 48.1 Å². The van der Waals surface area contributed by atoms with Crippen LogP contribution in [0.1, 0.15) is 11.1 Å². The fourth-order valence-corrected chi connectivity index (χ4v) is 1.16. The Morgan fingerprint density at radius 1 is 0.960 bits per heavy atom. The third kappa shape index (κ3) is 17.8. The first-order chi connectivity index (χ1) is 11.7. The molecule has 0 aliphatic rings. The minimum absolute atomic E-state index is 0.750. The van der Waals surface area contributed by atoms with Crippen LogP contribution in [-0.2, 0) is 19.2 Å². The highest BCUT2D eigenvalue weighted by Gasteiger charge is 2.33. The third-order valence-corrected chi connectivity index (χ3v) is 3.29. The van der Waals surface area contributed by atoms with Crippen LogP contribution in [0.5, 0.6) is 0 Å². The topological polar surface area (TPSA) is 141 Å². The predicted molar refractivity (Wildman–Crippen MR) is 93.1 cm³/mol. The van der Waals surface area contributed by atoms with Crippen molar-refractivity contribution in [3.05, 3.63) is 35.4 Å². The highest BCUT2D eigenvalue weighted by atomic mass is 35.5. The number of rotatable bonds is 3. The van der Waals surface area contributed by atoms with Crippen molar-refractivity contribution < 1.29 is 19.2 Å². The average Bonchev–Trinajstić information content (AvgIpc) is 2.53. The number of aliphatic imine (C=N–C) groups is 2. The summed E-state index contributed by atoms with van der Waals surface area (Å²) in [6.07, 6.45) is 3.70. The molecular weight excluding hydrogens is 395 g/mol. The van der Waals surface area contributed by atoms with Gasteiger partial charge < -0.3 is 0 Å². The Kier molecular flexibility index (Phi) is 19.7. The van der Waals surface area contributed by atoms with Gasteiger partial charge >= 0.3 is 0 Å². The molecule has 134 valence electrons. The van der Waals surface area contributed by atoms with Crippen molar-refractivity contribution in [2.45, 2.75) is 23.8 Å². The lowest BCUT2D eigenvalue weighted by atomic mass is 10.1. The second kappa shape index (κ2) is 18.0. The van der Waals surface area contributed by atoms with E-state index < -0.39 is 9.96 Å². The summed E-state index contributed by atoms with van der Waals surface area (Å²) in [6, 6.07) is 8.36. The van der Waals surface area contributed by atoms with Gasteiger partial charge in [-0.3, -0.25) is 0 Å². The smallest absolute Gasteiger partial charge is 0.222 e. The molecule has 25 heavy (non-hydrogen) atoms. The Morgan fingerprint density at radius 2 is 1.32 bits per heavy atom. The third-order valence-electron chi connectivity index (χ3n) is 2.07. The molecule has 0 radical (unpaired) electrons. The van der Waals surface area contributed by atoms with Crippen molar-refractivity contribution in [1.29, 1.82) is 10.8 Å². The van der Waals surface area contributed by atoms with E-state index in [-0.39, 0.29) is 0 Å². The van der Waals surface area contributed by atoms with E-state index in [1.165, 1.54) is 11.1 Å². The lowest BCUT2D eigenvalue weighted by Gasteiger charge is -2.12. The molecule has 1 aromatic rings. The van der Waals surface area contributed by atoms with Gasteiger partial charge in [0.15, 0.2) is 5.50 Å². The molecule has 8 nitrogen and oxygen atoms in total. The molecule has 0 spiro atoms. The van der Waals surface area contributed by atoms with E-state index in [9.17, 15) is 9.59 Å². The molecule has 0 saturated carbocycles. The Labute approximate surface area is 158 Å². The van der Waals surface area contributed by atoms with Gasteiger partial charge in [-0.15, -0.1) is 0 Å². The first-order valence-corrected chi connectivity index (χ1v) is 7.15. The minimum atomic E-state index is -1.96. The summed E-state index contributed by atoms with van der Waals surface area (Å²) in [5.41, 5.74) is 1.39. The summed E-state index contributed by atoms with van der Waals surface area (Å²) in [5, 5.41) is 10.8. The SMILES string of the molecule is Cc1ccccc1C.N=C=O.N=C=O.O=C=NC(Cl)C(Cl)(Cl)N=C=O. The van der Waals surface area contributed by atoms with Gasteiger partial charge in [0.1, 0.15) is 0 Å². The number of carbonyl (C=O) groups excluding carboxylic acids is 4. The fourth-order valence-electron chi connectivity index (χ4n) is 0.901. The number of hydrogen-bond donors (Lipinski definition) is 2. The summed E-state index contributed by atoms with van der Waals surface area (Å²) >= 11 is 15.9. The lowest BCUT2D eigenvalue weighted by Crippen LogP contribution is -2.21. The zero-order valence-electron chi connectivity index (χ0n) is 13.0. The van der Waals surface area contributed by atoms with Gasteiger partial charge in [0, 0.05) is 0 Å². The summed E-state index contributed by atoms with van der Waals surface area (Å²) in [6.45, 7) is 4.24. The van der Waals surface area contributed by atoms with Crippen LogP contribution in [0, 0.1) is 24.7 Å². The predicted octanol–water partition coefficient (Wildman–Crippen LogP) is 3.46. The van der Waals surface area contributed by atoms with Crippen LogP contribution in [-0.4, -0.2) is 34.3 Å². The first kappa shape index (κ1) is 27.5. The molecule has 0 aliphatic heterocycles. The average molecular weight is 408 g/mol. The number of alkyl halides is 3. The van der Waals surface area contributed by atoms with Crippen molar-refractivity contribution >= 4 is 59.1 Å². The largest absolute Gasteiger partial charge is 0.256 e.